The Kier molecular flexibility index (Phi) is 6.11. The number of aldehydes is 2. The van der Waals surface area contributed by atoms with Crippen molar-refractivity contribution in [3.05, 3.63) is 76.5 Å². The lowest BCUT2D eigenvalue weighted by molar-refractivity contribution is -0.104. The Morgan fingerprint density at radius 1 is 1.04 bits per heavy atom. The Labute approximate surface area is 161 Å². The van der Waals surface area contributed by atoms with E-state index in [-0.39, 0.29) is 11.6 Å². The van der Waals surface area contributed by atoms with Crippen molar-refractivity contribution >= 4 is 29.6 Å². The minimum atomic E-state index is -0.297. The third kappa shape index (κ3) is 4.23. The largest absolute Gasteiger partial charge is 0.383 e. The summed E-state index contributed by atoms with van der Waals surface area (Å²) in [7, 11) is 1.60. The highest BCUT2D eigenvalue weighted by Gasteiger charge is 2.11. The van der Waals surface area contributed by atoms with Crippen molar-refractivity contribution in [1.29, 1.82) is 0 Å². The topological polar surface area (TPSA) is 48.3 Å². The molecule has 4 nitrogen and oxygen atoms in total. The molecule has 0 atom stereocenters. The van der Waals surface area contributed by atoms with Crippen molar-refractivity contribution in [3.63, 3.8) is 0 Å². The van der Waals surface area contributed by atoms with Crippen LogP contribution in [0.2, 0.25) is 0 Å². The zero-order chi connectivity index (χ0) is 20.1. The summed E-state index contributed by atoms with van der Waals surface area (Å²) in [6.07, 6.45) is 3.95. The number of fused-ring (bicyclic) bond motifs is 2. The van der Waals surface area contributed by atoms with Gasteiger partial charge in [-0.1, -0.05) is 6.07 Å². The number of ether oxygens (including phenoxy) is 1. The summed E-state index contributed by atoms with van der Waals surface area (Å²) < 4.78 is 32.5. The minimum absolute atomic E-state index is 0.253. The molecule has 0 fully saturated rings. The first-order chi connectivity index (χ1) is 13.5. The predicted molar refractivity (Wildman–Crippen MR) is 103 cm³/mol. The molecule has 3 aromatic rings. The van der Waals surface area contributed by atoms with Crippen LogP contribution in [0.4, 0.5) is 8.78 Å². The second-order valence-corrected chi connectivity index (χ2v) is 6.39. The molecule has 0 saturated carbocycles. The van der Waals surface area contributed by atoms with Crippen molar-refractivity contribution in [3.8, 4) is 0 Å². The van der Waals surface area contributed by atoms with Crippen molar-refractivity contribution < 1.29 is 23.1 Å². The molecule has 1 heterocycles. The van der Waals surface area contributed by atoms with E-state index in [1.54, 1.807) is 31.4 Å². The summed E-state index contributed by atoms with van der Waals surface area (Å²) in [4.78, 5) is 21.3. The molecule has 2 aromatic carbocycles. The summed E-state index contributed by atoms with van der Waals surface area (Å²) in [5, 5.41) is 0.734. The van der Waals surface area contributed by atoms with Crippen molar-refractivity contribution in [2.24, 2.45) is 0 Å². The molecule has 6 heteroatoms. The van der Waals surface area contributed by atoms with E-state index >= 15 is 0 Å². The molecule has 0 spiro atoms. The zero-order valence-corrected chi connectivity index (χ0v) is 15.3. The molecular weight excluding hydrogens is 364 g/mol. The molecule has 1 aliphatic rings. The highest BCUT2D eigenvalue weighted by molar-refractivity contribution is 5.89. The molecule has 0 amide bonds. The van der Waals surface area contributed by atoms with Gasteiger partial charge in [-0.25, -0.2) is 8.78 Å². The van der Waals surface area contributed by atoms with Crippen molar-refractivity contribution in [2.45, 2.75) is 13.0 Å². The first kappa shape index (κ1) is 19.6. The molecule has 0 bridgehead atoms. The summed E-state index contributed by atoms with van der Waals surface area (Å²) in [6.45, 7) is 1.10. The van der Waals surface area contributed by atoms with E-state index < -0.39 is 0 Å². The van der Waals surface area contributed by atoms with Crippen LogP contribution in [-0.2, 0) is 22.5 Å². The number of rotatable bonds is 5. The number of aromatic nitrogens is 1. The average molecular weight is 383 g/mol. The Morgan fingerprint density at radius 2 is 1.79 bits per heavy atom. The van der Waals surface area contributed by atoms with Crippen LogP contribution in [0, 0.1) is 11.6 Å². The molecule has 1 aromatic heterocycles. The van der Waals surface area contributed by atoms with E-state index in [1.807, 2.05) is 4.57 Å². The maximum absolute atomic E-state index is 13.0. The number of allylic oxidation sites excluding steroid dienone is 1. The van der Waals surface area contributed by atoms with Gasteiger partial charge in [0.1, 0.15) is 17.9 Å². The lowest BCUT2D eigenvalue weighted by Gasteiger charge is -2.06. The van der Waals surface area contributed by atoms with E-state index in [0.29, 0.717) is 25.3 Å². The first-order valence-electron chi connectivity index (χ1n) is 8.72. The monoisotopic (exact) mass is 383 g/mol. The van der Waals surface area contributed by atoms with Crippen LogP contribution in [0.1, 0.15) is 21.6 Å². The second-order valence-electron chi connectivity index (χ2n) is 6.39. The Hall–Kier alpha value is -3.12. The van der Waals surface area contributed by atoms with Gasteiger partial charge in [-0.05, 0) is 59.2 Å². The fourth-order valence-corrected chi connectivity index (χ4v) is 3.20. The SMILES string of the molecule is COCCn1c(C=O)cc2cc(F)ccc21.O=CC1=Cc2cc(F)ccc2C1. The summed E-state index contributed by atoms with van der Waals surface area (Å²) in [6, 6.07) is 10.8. The number of halogens is 2. The third-order valence-corrected chi connectivity index (χ3v) is 4.53. The highest BCUT2D eigenvalue weighted by Crippen LogP contribution is 2.24. The van der Waals surface area contributed by atoms with E-state index in [1.165, 1.54) is 24.3 Å². The van der Waals surface area contributed by atoms with Gasteiger partial charge in [0.2, 0.25) is 0 Å². The number of carbonyl (C=O) groups is 2. The molecule has 0 aliphatic heterocycles. The van der Waals surface area contributed by atoms with E-state index in [2.05, 4.69) is 0 Å². The fourth-order valence-electron chi connectivity index (χ4n) is 3.20. The number of nitrogens with zero attached hydrogens (tertiary/aromatic N) is 1. The van der Waals surface area contributed by atoms with Gasteiger partial charge < -0.3 is 9.30 Å². The van der Waals surface area contributed by atoms with Crippen LogP contribution in [0.5, 0.6) is 0 Å². The number of carbonyl (C=O) groups excluding carboxylic acids is 2. The van der Waals surface area contributed by atoms with E-state index in [0.717, 1.165) is 40.2 Å². The predicted octanol–water partition coefficient (Wildman–Crippen LogP) is 4.20. The lowest BCUT2D eigenvalue weighted by Crippen LogP contribution is -2.06. The van der Waals surface area contributed by atoms with Gasteiger partial charge in [-0.3, -0.25) is 9.59 Å². The van der Waals surface area contributed by atoms with Gasteiger partial charge in [-0.15, -0.1) is 0 Å². The number of hydrogen-bond donors (Lipinski definition) is 0. The van der Waals surface area contributed by atoms with E-state index in [4.69, 9.17) is 4.74 Å². The van der Waals surface area contributed by atoms with Gasteiger partial charge in [0.15, 0.2) is 6.29 Å². The second kappa shape index (κ2) is 8.71. The smallest absolute Gasteiger partial charge is 0.166 e. The Balaban J connectivity index is 0.000000167. The molecule has 0 unspecified atom stereocenters. The molecular formula is C22H19F2NO3. The molecule has 0 N–H and O–H groups in total. The summed E-state index contributed by atoms with van der Waals surface area (Å²) in [5.74, 6) is -0.550. The van der Waals surface area contributed by atoms with Crippen LogP contribution >= 0.6 is 0 Å². The maximum Gasteiger partial charge on any atom is 0.166 e. The molecule has 28 heavy (non-hydrogen) atoms. The Morgan fingerprint density at radius 3 is 2.50 bits per heavy atom. The van der Waals surface area contributed by atoms with Crippen LogP contribution in [0.15, 0.2) is 48.0 Å². The van der Waals surface area contributed by atoms with Gasteiger partial charge in [-0.2, -0.15) is 0 Å². The molecule has 0 saturated heterocycles. The van der Waals surface area contributed by atoms with Crippen molar-refractivity contribution in [2.75, 3.05) is 13.7 Å². The number of methoxy groups -OCH3 is 1. The lowest BCUT2D eigenvalue weighted by atomic mass is 10.1. The Bertz CT molecular complexity index is 1050. The quantitative estimate of drug-likeness (QED) is 0.621. The van der Waals surface area contributed by atoms with Crippen LogP contribution in [0.3, 0.4) is 0 Å². The average Bonchev–Trinajstić information content (AvgIpc) is 3.26. The minimum Gasteiger partial charge on any atom is -0.383 e. The highest BCUT2D eigenvalue weighted by atomic mass is 19.1. The normalized spacial score (nSPS) is 12.2. The third-order valence-electron chi connectivity index (χ3n) is 4.53. The first-order valence-corrected chi connectivity index (χ1v) is 8.72. The standard InChI is InChI=1S/C12H12FNO2.C10H7FO/c1-16-5-4-14-11(8-15)7-9-6-10(13)2-3-12(9)14;11-10-2-1-8-3-7(6-12)4-9(8)5-10/h2-3,6-8H,4-5H2,1H3;1-2,4-6H,3H2. The fraction of sp³-hybridized carbons (Fsp3) is 0.182. The van der Waals surface area contributed by atoms with E-state index in [9.17, 15) is 18.4 Å². The van der Waals surface area contributed by atoms with Gasteiger partial charge >= 0.3 is 0 Å². The van der Waals surface area contributed by atoms with Crippen LogP contribution in [0.25, 0.3) is 17.0 Å². The zero-order valence-electron chi connectivity index (χ0n) is 15.3. The van der Waals surface area contributed by atoms with Crippen LogP contribution in [-0.4, -0.2) is 30.9 Å². The molecule has 144 valence electrons. The van der Waals surface area contributed by atoms with Crippen LogP contribution < -0.4 is 0 Å². The molecule has 4 rings (SSSR count). The molecule has 0 radical (unpaired) electrons. The van der Waals surface area contributed by atoms with Gasteiger partial charge in [0.25, 0.3) is 0 Å². The number of hydrogen-bond acceptors (Lipinski definition) is 3. The van der Waals surface area contributed by atoms with Gasteiger partial charge in [0.05, 0.1) is 12.3 Å². The maximum atomic E-state index is 13.0. The number of benzene rings is 2. The summed E-state index contributed by atoms with van der Waals surface area (Å²) >= 11 is 0. The van der Waals surface area contributed by atoms with Gasteiger partial charge in [0, 0.05) is 31.0 Å². The molecule has 1 aliphatic carbocycles. The van der Waals surface area contributed by atoms with Crippen molar-refractivity contribution in [1.82, 2.24) is 4.57 Å². The summed E-state index contributed by atoms with van der Waals surface area (Å²) in [5.41, 5.74) is 3.96.